The van der Waals surface area contributed by atoms with Crippen molar-refractivity contribution in [2.24, 2.45) is 0 Å². The molecule has 0 atom stereocenters. The lowest BCUT2D eigenvalue weighted by Crippen LogP contribution is -2.36. The Kier molecular flexibility index (Phi) is 7.39. The molecule has 29 heavy (non-hydrogen) atoms. The molecule has 0 aliphatic carbocycles. The maximum Gasteiger partial charge on any atom is 0.292 e. The van der Waals surface area contributed by atoms with Crippen LogP contribution in [0.2, 0.25) is 0 Å². The molecule has 0 saturated carbocycles. The highest BCUT2D eigenvalue weighted by atomic mass is 32.2. The number of thioether (sulfide) groups is 1. The van der Waals surface area contributed by atoms with E-state index in [0.29, 0.717) is 0 Å². The van der Waals surface area contributed by atoms with Gasteiger partial charge in [0.2, 0.25) is 5.91 Å². The third-order valence-corrected chi connectivity index (χ3v) is 5.14. The number of carbonyl (C=O) groups is 2. The summed E-state index contributed by atoms with van der Waals surface area (Å²) in [6.07, 6.45) is 0. The molecule has 0 fully saturated rings. The summed E-state index contributed by atoms with van der Waals surface area (Å²) in [7, 11) is 0. The van der Waals surface area contributed by atoms with E-state index in [0.717, 1.165) is 34.1 Å². The topological polar surface area (TPSA) is 92.6 Å². The van der Waals surface area contributed by atoms with Crippen molar-refractivity contribution in [3.8, 4) is 0 Å². The Morgan fingerprint density at radius 2 is 1.72 bits per heavy atom. The predicted molar refractivity (Wildman–Crippen MR) is 118 cm³/mol. The Morgan fingerprint density at radius 1 is 1.14 bits per heavy atom. The molecule has 0 spiro atoms. The van der Waals surface area contributed by atoms with Crippen LogP contribution in [-0.2, 0) is 4.79 Å². The summed E-state index contributed by atoms with van der Waals surface area (Å²) < 4.78 is 0. The first-order valence-corrected chi connectivity index (χ1v) is 10.2. The first kappa shape index (κ1) is 22.4. The van der Waals surface area contributed by atoms with E-state index >= 15 is 0 Å². The summed E-state index contributed by atoms with van der Waals surface area (Å²) in [5, 5.41) is 13.3. The number of para-hydroxylation sites is 2. The van der Waals surface area contributed by atoms with Gasteiger partial charge in [-0.25, -0.2) is 0 Å². The normalized spacial score (nSPS) is 10.7. The van der Waals surface area contributed by atoms with Crippen LogP contribution in [0, 0.1) is 30.9 Å². The van der Waals surface area contributed by atoms with Crippen LogP contribution in [0.4, 0.5) is 21.9 Å². The second-order valence-corrected chi connectivity index (χ2v) is 8.01. The third-order valence-electron chi connectivity index (χ3n) is 4.29. The predicted octanol–water partition coefficient (Wildman–Crippen LogP) is 5.23. The summed E-state index contributed by atoms with van der Waals surface area (Å²) in [4.78, 5) is 37.4. The van der Waals surface area contributed by atoms with Gasteiger partial charge in [0.25, 0.3) is 10.9 Å². The molecule has 8 heteroatoms. The van der Waals surface area contributed by atoms with Crippen molar-refractivity contribution >= 4 is 40.0 Å². The Labute approximate surface area is 174 Å². The molecule has 2 amide bonds. The van der Waals surface area contributed by atoms with Gasteiger partial charge in [-0.1, -0.05) is 41.6 Å². The zero-order valence-corrected chi connectivity index (χ0v) is 18.0. The number of nitrogens with one attached hydrogen (secondary N) is 1. The minimum Gasteiger partial charge on any atom is -0.320 e. The van der Waals surface area contributed by atoms with Crippen molar-refractivity contribution in [3.05, 3.63) is 63.2 Å². The second kappa shape index (κ2) is 9.56. The van der Waals surface area contributed by atoms with Gasteiger partial charge in [0.15, 0.2) is 0 Å². The number of hydrogen-bond donors (Lipinski definition) is 1. The molecule has 0 aromatic heterocycles. The minimum absolute atomic E-state index is 0.0895. The molecule has 0 heterocycles. The van der Waals surface area contributed by atoms with Crippen LogP contribution in [0.25, 0.3) is 0 Å². The van der Waals surface area contributed by atoms with Crippen molar-refractivity contribution in [2.75, 3.05) is 16.0 Å². The molecule has 0 radical (unpaired) electrons. The quantitative estimate of drug-likeness (QED) is 0.515. The summed E-state index contributed by atoms with van der Waals surface area (Å²) in [5.41, 5.74) is 3.89. The summed E-state index contributed by atoms with van der Waals surface area (Å²) in [5.74, 6) is -0.614. The number of rotatable bonds is 6. The molecule has 1 N–H and O–H groups in total. The lowest BCUT2D eigenvalue weighted by molar-refractivity contribution is -0.383. The van der Waals surface area contributed by atoms with E-state index in [2.05, 4.69) is 5.32 Å². The van der Waals surface area contributed by atoms with Crippen molar-refractivity contribution < 1.29 is 14.5 Å². The van der Waals surface area contributed by atoms with Gasteiger partial charge in [-0.15, -0.1) is 0 Å². The molecule has 0 aliphatic heterocycles. The van der Waals surface area contributed by atoms with E-state index in [-0.39, 0.29) is 28.4 Å². The van der Waals surface area contributed by atoms with E-state index in [9.17, 15) is 19.7 Å². The lowest BCUT2D eigenvalue weighted by atomic mass is 10.0. The van der Waals surface area contributed by atoms with Crippen molar-refractivity contribution in [3.63, 3.8) is 0 Å². The highest BCUT2D eigenvalue weighted by Gasteiger charge is 2.24. The van der Waals surface area contributed by atoms with Crippen molar-refractivity contribution in [1.29, 1.82) is 0 Å². The molecular formula is C21H25N3O4S. The fourth-order valence-corrected chi connectivity index (χ4v) is 4.00. The average molecular weight is 416 g/mol. The van der Waals surface area contributed by atoms with Gasteiger partial charge in [0, 0.05) is 12.1 Å². The number of nitrogens with zero attached hydrogens (tertiary/aromatic N) is 2. The zero-order valence-electron chi connectivity index (χ0n) is 17.2. The standard InChI is InChI=1S/C21H25N3O4S/c1-13(2)23(20-15(4)10-14(3)11-16(20)5)21(26)29-12-19(25)22-17-8-6-7-9-18(17)24(27)28/h6-11,13H,12H2,1-5H3,(H,22,25). The molecule has 2 aromatic carbocycles. The highest BCUT2D eigenvalue weighted by Crippen LogP contribution is 2.31. The monoisotopic (exact) mass is 415 g/mol. The van der Waals surface area contributed by atoms with Gasteiger partial charge in [-0.2, -0.15) is 0 Å². The molecule has 7 nitrogen and oxygen atoms in total. The SMILES string of the molecule is Cc1cc(C)c(N(C(=O)SCC(=O)Nc2ccccc2[N+](=O)[O-])C(C)C)c(C)c1. The zero-order chi connectivity index (χ0) is 21.7. The van der Waals surface area contributed by atoms with Crippen LogP contribution >= 0.6 is 11.8 Å². The fourth-order valence-electron chi connectivity index (χ4n) is 3.23. The van der Waals surface area contributed by atoms with E-state index in [1.807, 2.05) is 46.8 Å². The van der Waals surface area contributed by atoms with E-state index in [1.54, 1.807) is 11.0 Å². The smallest absolute Gasteiger partial charge is 0.292 e. The molecule has 2 aromatic rings. The molecule has 0 saturated heterocycles. The minimum atomic E-state index is -0.558. The van der Waals surface area contributed by atoms with Crippen LogP contribution in [0.5, 0.6) is 0 Å². The van der Waals surface area contributed by atoms with Crippen LogP contribution in [-0.4, -0.2) is 27.9 Å². The van der Waals surface area contributed by atoms with E-state index in [1.165, 1.54) is 18.2 Å². The van der Waals surface area contributed by atoms with E-state index in [4.69, 9.17) is 0 Å². The molecular weight excluding hydrogens is 390 g/mol. The number of aryl methyl sites for hydroxylation is 3. The lowest BCUT2D eigenvalue weighted by Gasteiger charge is -2.29. The molecule has 0 bridgehead atoms. The Bertz CT molecular complexity index is 920. The Balaban J connectivity index is 2.12. The van der Waals surface area contributed by atoms with Gasteiger partial charge in [-0.05, 0) is 51.8 Å². The van der Waals surface area contributed by atoms with Gasteiger partial charge >= 0.3 is 0 Å². The Hall–Kier alpha value is -2.87. The Morgan fingerprint density at radius 3 is 2.28 bits per heavy atom. The van der Waals surface area contributed by atoms with Gasteiger partial charge in [0.1, 0.15) is 5.69 Å². The summed E-state index contributed by atoms with van der Waals surface area (Å²) in [6, 6.07) is 9.87. The number of carbonyl (C=O) groups excluding carboxylic acids is 2. The first-order valence-electron chi connectivity index (χ1n) is 9.19. The molecule has 0 aliphatic rings. The van der Waals surface area contributed by atoms with Crippen LogP contribution in [0.15, 0.2) is 36.4 Å². The van der Waals surface area contributed by atoms with Crippen LogP contribution in [0.3, 0.4) is 0 Å². The molecule has 0 unspecified atom stereocenters. The number of hydrogen-bond acceptors (Lipinski definition) is 5. The van der Waals surface area contributed by atoms with Crippen molar-refractivity contribution in [1.82, 2.24) is 0 Å². The highest BCUT2D eigenvalue weighted by molar-refractivity contribution is 8.14. The number of nitro groups is 1. The van der Waals surface area contributed by atoms with Gasteiger partial charge in [-0.3, -0.25) is 19.7 Å². The number of benzene rings is 2. The molecule has 154 valence electrons. The van der Waals surface area contributed by atoms with Crippen LogP contribution < -0.4 is 10.2 Å². The number of anilines is 2. The summed E-state index contributed by atoms with van der Waals surface area (Å²) in [6.45, 7) is 9.77. The maximum absolute atomic E-state index is 12.9. The summed E-state index contributed by atoms with van der Waals surface area (Å²) >= 11 is 0.876. The fraction of sp³-hybridized carbons (Fsp3) is 0.333. The number of nitro benzene ring substituents is 1. The average Bonchev–Trinajstić information content (AvgIpc) is 2.62. The van der Waals surface area contributed by atoms with Crippen LogP contribution in [0.1, 0.15) is 30.5 Å². The molecule has 2 rings (SSSR count). The van der Waals surface area contributed by atoms with E-state index < -0.39 is 10.8 Å². The third kappa shape index (κ3) is 5.57. The second-order valence-electron chi connectivity index (χ2n) is 7.09. The number of amides is 2. The maximum atomic E-state index is 12.9. The van der Waals surface area contributed by atoms with Gasteiger partial charge < -0.3 is 10.2 Å². The van der Waals surface area contributed by atoms with Crippen molar-refractivity contribution in [2.45, 2.75) is 40.7 Å². The van der Waals surface area contributed by atoms with Gasteiger partial charge in [0.05, 0.1) is 16.4 Å². The largest absolute Gasteiger partial charge is 0.320 e. The first-order chi connectivity index (χ1) is 13.6.